The van der Waals surface area contributed by atoms with Gasteiger partial charge in [0.05, 0.1) is 6.61 Å². The summed E-state index contributed by atoms with van der Waals surface area (Å²) in [6.45, 7) is 3.91. The zero-order valence-electron chi connectivity index (χ0n) is 19.4. The van der Waals surface area contributed by atoms with Gasteiger partial charge in [-0.3, -0.25) is 0 Å². The highest BCUT2D eigenvalue weighted by Crippen LogP contribution is 2.39. The Morgan fingerprint density at radius 3 is 1.85 bits per heavy atom. The fourth-order valence-electron chi connectivity index (χ4n) is 4.85. The van der Waals surface area contributed by atoms with Crippen molar-refractivity contribution in [3.05, 3.63) is 89.5 Å². The van der Waals surface area contributed by atoms with Gasteiger partial charge < -0.3 is 4.74 Å². The van der Waals surface area contributed by atoms with Crippen molar-refractivity contribution in [2.45, 2.75) is 45.4 Å². The topological polar surface area (TPSA) is 9.23 Å². The van der Waals surface area contributed by atoms with E-state index >= 15 is 8.78 Å². The van der Waals surface area contributed by atoms with Crippen LogP contribution in [0.15, 0.2) is 60.7 Å². The van der Waals surface area contributed by atoms with Crippen LogP contribution >= 0.6 is 0 Å². The summed E-state index contributed by atoms with van der Waals surface area (Å²) in [5.41, 5.74) is 1.55. The molecule has 178 valence electrons. The molecule has 0 unspecified atom stereocenters. The maximum atomic E-state index is 15.0. The molecule has 0 aliphatic heterocycles. The zero-order chi connectivity index (χ0) is 24.2. The molecule has 0 N–H and O–H groups in total. The number of hydrogen-bond acceptors (Lipinski definition) is 1. The predicted molar refractivity (Wildman–Crippen MR) is 128 cm³/mol. The van der Waals surface area contributed by atoms with E-state index in [1.165, 1.54) is 12.1 Å². The van der Waals surface area contributed by atoms with Crippen molar-refractivity contribution in [2.24, 2.45) is 5.92 Å². The SMILES string of the molecule is C/C=C/C1CCC(c2ccc(-c3ccc(-c4ccc(OCC)c(F)c4F)cc3)c(F)c2F)CC1. The molecule has 0 heterocycles. The average Bonchev–Trinajstić information content (AvgIpc) is 2.85. The summed E-state index contributed by atoms with van der Waals surface area (Å²) in [5.74, 6) is -3.34. The van der Waals surface area contributed by atoms with Gasteiger partial charge in [0.2, 0.25) is 5.82 Å². The summed E-state index contributed by atoms with van der Waals surface area (Å²) < 4.78 is 63.9. The third kappa shape index (κ3) is 4.75. The lowest BCUT2D eigenvalue weighted by molar-refractivity contribution is 0.314. The number of allylic oxidation sites excluding steroid dienone is 2. The summed E-state index contributed by atoms with van der Waals surface area (Å²) in [7, 11) is 0. The molecule has 0 bridgehead atoms. The van der Waals surface area contributed by atoms with E-state index in [2.05, 4.69) is 6.08 Å². The molecular weight excluding hydrogens is 440 g/mol. The quantitative estimate of drug-likeness (QED) is 0.259. The Kier molecular flexibility index (Phi) is 7.40. The highest BCUT2D eigenvalue weighted by molar-refractivity contribution is 5.71. The fraction of sp³-hybridized carbons (Fsp3) is 0.310. The van der Waals surface area contributed by atoms with E-state index in [9.17, 15) is 8.78 Å². The minimum Gasteiger partial charge on any atom is -0.491 e. The molecule has 3 aromatic rings. The van der Waals surface area contributed by atoms with Gasteiger partial charge in [0.15, 0.2) is 23.2 Å². The van der Waals surface area contributed by atoms with Gasteiger partial charge in [-0.05, 0) is 80.2 Å². The zero-order valence-corrected chi connectivity index (χ0v) is 19.4. The van der Waals surface area contributed by atoms with Gasteiger partial charge in [-0.1, -0.05) is 48.6 Å². The third-order valence-electron chi connectivity index (χ3n) is 6.64. The second kappa shape index (κ2) is 10.5. The molecule has 4 rings (SSSR count). The Morgan fingerprint density at radius 1 is 0.735 bits per heavy atom. The van der Waals surface area contributed by atoms with Crippen LogP contribution < -0.4 is 4.74 Å². The fourth-order valence-corrected chi connectivity index (χ4v) is 4.85. The van der Waals surface area contributed by atoms with Crippen molar-refractivity contribution in [1.29, 1.82) is 0 Å². The van der Waals surface area contributed by atoms with Crippen LogP contribution in [0.1, 0.15) is 51.0 Å². The van der Waals surface area contributed by atoms with Gasteiger partial charge >= 0.3 is 0 Å². The van der Waals surface area contributed by atoms with Gasteiger partial charge in [-0.15, -0.1) is 0 Å². The maximum absolute atomic E-state index is 15.0. The molecular formula is C29H28F4O. The van der Waals surface area contributed by atoms with Crippen LogP contribution in [0.25, 0.3) is 22.3 Å². The number of halogens is 4. The summed E-state index contributed by atoms with van der Waals surface area (Å²) in [4.78, 5) is 0. The van der Waals surface area contributed by atoms with E-state index in [0.717, 1.165) is 25.7 Å². The molecule has 0 atom stereocenters. The largest absolute Gasteiger partial charge is 0.491 e. The van der Waals surface area contributed by atoms with Crippen LogP contribution in [0.3, 0.4) is 0 Å². The molecule has 1 saturated carbocycles. The van der Waals surface area contributed by atoms with E-state index in [4.69, 9.17) is 4.74 Å². The Bertz CT molecular complexity index is 1180. The lowest BCUT2D eigenvalue weighted by Gasteiger charge is -2.27. The van der Waals surface area contributed by atoms with Crippen molar-refractivity contribution in [1.82, 2.24) is 0 Å². The molecule has 3 aromatic carbocycles. The maximum Gasteiger partial charge on any atom is 0.201 e. The first-order valence-corrected chi connectivity index (χ1v) is 11.8. The van der Waals surface area contributed by atoms with Gasteiger partial charge in [-0.2, -0.15) is 4.39 Å². The monoisotopic (exact) mass is 468 g/mol. The summed E-state index contributed by atoms with van der Waals surface area (Å²) in [6.07, 6.45) is 7.86. The van der Waals surface area contributed by atoms with E-state index in [1.807, 2.05) is 13.0 Å². The number of ether oxygens (including phenoxy) is 1. The minimum atomic E-state index is -1.05. The van der Waals surface area contributed by atoms with Crippen LogP contribution in [-0.2, 0) is 0 Å². The van der Waals surface area contributed by atoms with Crippen LogP contribution in [0, 0.1) is 29.2 Å². The summed E-state index contributed by atoms with van der Waals surface area (Å²) in [5, 5.41) is 0. The van der Waals surface area contributed by atoms with Crippen LogP contribution in [0.5, 0.6) is 5.75 Å². The molecule has 1 aliphatic carbocycles. The first-order valence-electron chi connectivity index (χ1n) is 11.8. The van der Waals surface area contributed by atoms with Gasteiger partial charge in [0, 0.05) is 11.1 Å². The van der Waals surface area contributed by atoms with E-state index in [1.54, 1.807) is 43.3 Å². The molecule has 34 heavy (non-hydrogen) atoms. The first-order chi connectivity index (χ1) is 16.4. The van der Waals surface area contributed by atoms with Crippen molar-refractivity contribution in [3.8, 4) is 28.0 Å². The minimum absolute atomic E-state index is 0.0185. The van der Waals surface area contributed by atoms with Gasteiger partial charge in [0.25, 0.3) is 0 Å². The molecule has 5 heteroatoms. The standard InChI is InChI=1S/C29H28F4O/c1-3-5-18-6-8-19(9-7-18)22-14-15-23(27(31)26(22)30)20-10-12-21(13-11-20)24-16-17-25(34-4-2)29(33)28(24)32/h3,5,10-19H,4,6-9H2,1-2H3/b5-3+. The van der Waals surface area contributed by atoms with Crippen LogP contribution in [0.4, 0.5) is 17.6 Å². The Labute approximate surface area is 198 Å². The molecule has 0 radical (unpaired) electrons. The molecule has 1 aliphatic rings. The van der Waals surface area contributed by atoms with E-state index in [0.29, 0.717) is 22.6 Å². The lowest BCUT2D eigenvalue weighted by atomic mass is 9.78. The molecule has 0 aromatic heterocycles. The molecule has 1 nitrogen and oxygen atoms in total. The highest BCUT2D eigenvalue weighted by atomic mass is 19.2. The number of hydrogen-bond donors (Lipinski definition) is 0. The Hall–Kier alpha value is -3.08. The first kappa shape index (κ1) is 24.1. The Balaban J connectivity index is 1.57. The summed E-state index contributed by atoms with van der Waals surface area (Å²) in [6, 6.07) is 12.4. The Morgan fingerprint density at radius 2 is 1.29 bits per heavy atom. The van der Waals surface area contributed by atoms with Gasteiger partial charge in [-0.25, -0.2) is 13.2 Å². The van der Waals surface area contributed by atoms with Crippen molar-refractivity contribution in [3.63, 3.8) is 0 Å². The normalized spacial score (nSPS) is 18.4. The molecule has 0 saturated heterocycles. The second-order valence-electron chi connectivity index (χ2n) is 8.72. The number of rotatable bonds is 6. The average molecular weight is 469 g/mol. The molecule has 0 spiro atoms. The predicted octanol–water partition coefficient (Wildman–Crippen LogP) is 8.83. The third-order valence-corrected chi connectivity index (χ3v) is 6.64. The van der Waals surface area contributed by atoms with Crippen molar-refractivity contribution < 1.29 is 22.3 Å². The highest BCUT2D eigenvalue weighted by Gasteiger charge is 2.25. The van der Waals surface area contributed by atoms with Crippen molar-refractivity contribution >= 4 is 0 Å². The number of benzene rings is 3. The second-order valence-corrected chi connectivity index (χ2v) is 8.72. The molecule has 1 fully saturated rings. The van der Waals surface area contributed by atoms with Crippen molar-refractivity contribution in [2.75, 3.05) is 6.61 Å². The van der Waals surface area contributed by atoms with E-state index < -0.39 is 23.3 Å². The molecule has 0 amide bonds. The lowest BCUT2D eigenvalue weighted by Crippen LogP contribution is -2.13. The summed E-state index contributed by atoms with van der Waals surface area (Å²) >= 11 is 0. The smallest absolute Gasteiger partial charge is 0.201 e. The van der Waals surface area contributed by atoms with E-state index in [-0.39, 0.29) is 29.4 Å². The van der Waals surface area contributed by atoms with Crippen LogP contribution in [0.2, 0.25) is 0 Å². The van der Waals surface area contributed by atoms with Gasteiger partial charge in [0.1, 0.15) is 0 Å². The van der Waals surface area contributed by atoms with Crippen LogP contribution in [-0.4, -0.2) is 6.61 Å².